The number of fused-ring (bicyclic) bond motifs is 3. The minimum absolute atomic E-state index is 0.0585. The van der Waals surface area contributed by atoms with E-state index >= 15 is 0 Å². The molecule has 5 nitrogen and oxygen atoms in total. The van der Waals surface area contributed by atoms with Crippen molar-refractivity contribution in [1.29, 1.82) is 0 Å². The summed E-state index contributed by atoms with van der Waals surface area (Å²) >= 11 is 12.2. The van der Waals surface area contributed by atoms with Crippen molar-refractivity contribution in [3.8, 4) is 17.0 Å². The highest BCUT2D eigenvalue weighted by molar-refractivity contribution is 6.42. The van der Waals surface area contributed by atoms with E-state index in [0.29, 0.717) is 23.2 Å². The molecule has 0 spiro atoms. The standard InChI is InChI=1S/C22H21Cl2N3O2/c1-3-8-26(16-5-6-18(23)19(24)10-16)21(28)12-27-22-15(11-25-27)13-29-20-7-4-14(2)9-17(20)22/h4-7,9-11H,3,8,12-13H2,1-2H3. The molecule has 4 rings (SSSR count). The number of rotatable bonds is 5. The fourth-order valence-corrected chi connectivity index (χ4v) is 3.85. The Balaban J connectivity index is 1.66. The van der Waals surface area contributed by atoms with Gasteiger partial charge >= 0.3 is 0 Å². The molecule has 0 atom stereocenters. The normalized spacial score (nSPS) is 12.1. The fraction of sp³-hybridized carbons (Fsp3) is 0.273. The number of aryl methyl sites for hydroxylation is 1. The van der Waals surface area contributed by atoms with Crippen LogP contribution in [0.1, 0.15) is 24.5 Å². The van der Waals surface area contributed by atoms with Gasteiger partial charge in [-0.3, -0.25) is 9.48 Å². The van der Waals surface area contributed by atoms with Gasteiger partial charge in [-0.25, -0.2) is 0 Å². The van der Waals surface area contributed by atoms with Crippen molar-refractivity contribution >= 4 is 34.8 Å². The number of amides is 1. The number of anilines is 1. The van der Waals surface area contributed by atoms with Crippen molar-refractivity contribution in [3.63, 3.8) is 0 Å². The topological polar surface area (TPSA) is 47.4 Å². The molecule has 0 radical (unpaired) electrons. The molecule has 29 heavy (non-hydrogen) atoms. The number of hydrogen-bond acceptors (Lipinski definition) is 3. The second-order valence-electron chi connectivity index (χ2n) is 7.11. The molecular weight excluding hydrogens is 409 g/mol. The molecule has 150 valence electrons. The van der Waals surface area contributed by atoms with Crippen LogP contribution in [0.5, 0.6) is 5.75 Å². The van der Waals surface area contributed by atoms with Crippen molar-refractivity contribution in [2.75, 3.05) is 11.4 Å². The SMILES string of the molecule is CCCN(C(=O)Cn1ncc2c1-c1cc(C)ccc1OC2)c1ccc(Cl)c(Cl)c1. The maximum absolute atomic E-state index is 13.2. The Bertz CT molecular complexity index is 1080. The quantitative estimate of drug-likeness (QED) is 0.537. The summed E-state index contributed by atoms with van der Waals surface area (Å²) in [4.78, 5) is 14.9. The molecule has 0 saturated heterocycles. The van der Waals surface area contributed by atoms with E-state index in [1.165, 1.54) is 0 Å². The molecule has 3 aromatic rings. The number of halogens is 2. The van der Waals surface area contributed by atoms with Gasteiger partial charge in [0.2, 0.25) is 5.91 Å². The van der Waals surface area contributed by atoms with Crippen molar-refractivity contribution < 1.29 is 9.53 Å². The van der Waals surface area contributed by atoms with E-state index in [1.54, 1.807) is 27.9 Å². The van der Waals surface area contributed by atoms with Crippen molar-refractivity contribution in [3.05, 3.63) is 63.8 Å². The van der Waals surface area contributed by atoms with Crippen molar-refractivity contribution in [2.24, 2.45) is 0 Å². The van der Waals surface area contributed by atoms with Gasteiger partial charge in [0.25, 0.3) is 0 Å². The Labute approximate surface area is 179 Å². The van der Waals surface area contributed by atoms with Crippen LogP contribution >= 0.6 is 23.2 Å². The van der Waals surface area contributed by atoms with Gasteiger partial charge in [0.05, 0.1) is 21.9 Å². The highest BCUT2D eigenvalue weighted by Crippen LogP contribution is 2.38. The van der Waals surface area contributed by atoms with E-state index < -0.39 is 0 Å². The van der Waals surface area contributed by atoms with E-state index in [0.717, 1.165) is 40.2 Å². The maximum atomic E-state index is 13.2. The molecule has 1 aliphatic rings. The Morgan fingerprint density at radius 3 is 2.79 bits per heavy atom. The predicted octanol–water partition coefficient (Wildman–Crippen LogP) is 5.50. The summed E-state index contributed by atoms with van der Waals surface area (Å²) in [5.41, 5.74) is 4.74. The van der Waals surface area contributed by atoms with E-state index in [-0.39, 0.29) is 12.5 Å². The lowest BCUT2D eigenvalue weighted by molar-refractivity contribution is -0.119. The summed E-state index contributed by atoms with van der Waals surface area (Å²) in [7, 11) is 0. The molecule has 2 aromatic carbocycles. The number of ether oxygens (including phenoxy) is 1. The van der Waals surface area contributed by atoms with Gasteiger partial charge in [-0.15, -0.1) is 0 Å². The van der Waals surface area contributed by atoms with Crippen LogP contribution in [0.25, 0.3) is 11.3 Å². The Morgan fingerprint density at radius 1 is 1.21 bits per heavy atom. The van der Waals surface area contributed by atoms with Gasteiger partial charge in [0, 0.05) is 23.4 Å². The molecule has 0 unspecified atom stereocenters. The number of benzene rings is 2. The molecule has 0 fully saturated rings. The number of nitrogens with zero attached hydrogens (tertiary/aromatic N) is 3. The summed E-state index contributed by atoms with van der Waals surface area (Å²) in [5.74, 6) is 0.754. The smallest absolute Gasteiger partial charge is 0.248 e. The fourth-order valence-electron chi connectivity index (χ4n) is 3.56. The highest BCUT2D eigenvalue weighted by atomic mass is 35.5. The van der Waals surface area contributed by atoms with Crippen LogP contribution in [-0.2, 0) is 17.9 Å². The first-order chi connectivity index (χ1) is 14.0. The van der Waals surface area contributed by atoms with Crippen LogP contribution in [0.4, 0.5) is 5.69 Å². The van der Waals surface area contributed by atoms with Gasteiger partial charge in [-0.05, 0) is 43.7 Å². The lowest BCUT2D eigenvalue weighted by Gasteiger charge is -2.24. The molecule has 1 amide bonds. The monoisotopic (exact) mass is 429 g/mol. The van der Waals surface area contributed by atoms with Crippen LogP contribution in [0.3, 0.4) is 0 Å². The minimum atomic E-state index is -0.0585. The lowest BCUT2D eigenvalue weighted by atomic mass is 10.0. The number of aromatic nitrogens is 2. The number of carbonyl (C=O) groups excluding carboxylic acids is 1. The van der Waals surface area contributed by atoms with Gasteiger partial charge in [-0.2, -0.15) is 5.10 Å². The first kappa shape index (κ1) is 19.8. The molecule has 0 bridgehead atoms. The van der Waals surface area contributed by atoms with Crippen molar-refractivity contribution in [1.82, 2.24) is 9.78 Å². The van der Waals surface area contributed by atoms with Crippen LogP contribution in [0, 0.1) is 6.92 Å². The molecule has 0 saturated carbocycles. The average molecular weight is 430 g/mol. The van der Waals surface area contributed by atoms with Crippen LogP contribution in [-0.4, -0.2) is 22.2 Å². The molecule has 0 N–H and O–H groups in total. The highest BCUT2D eigenvalue weighted by Gasteiger charge is 2.25. The zero-order valence-corrected chi connectivity index (χ0v) is 17.8. The van der Waals surface area contributed by atoms with Gasteiger partial charge in [0.1, 0.15) is 18.9 Å². The van der Waals surface area contributed by atoms with Crippen molar-refractivity contribution in [2.45, 2.75) is 33.4 Å². The summed E-state index contributed by atoms with van der Waals surface area (Å²) in [6.45, 7) is 5.23. The maximum Gasteiger partial charge on any atom is 0.248 e. The summed E-state index contributed by atoms with van der Waals surface area (Å²) in [5, 5.41) is 5.37. The van der Waals surface area contributed by atoms with E-state index in [4.69, 9.17) is 27.9 Å². The van der Waals surface area contributed by atoms with Gasteiger partial charge in [-0.1, -0.05) is 41.8 Å². The predicted molar refractivity (Wildman–Crippen MR) is 116 cm³/mol. The van der Waals surface area contributed by atoms with Crippen LogP contribution in [0.2, 0.25) is 10.0 Å². The molecule has 1 aliphatic heterocycles. The third-order valence-electron chi connectivity index (χ3n) is 4.94. The largest absolute Gasteiger partial charge is 0.488 e. The minimum Gasteiger partial charge on any atom is -0.488 e. The third-order valence-corrected chi connectivity index (χ3v) is 5.68. The summed E-state index contributed by atoms with van der Waals surface area (Å²) in [6.07, 6.45) is 2.59. The Morgan fingerprint density at radius 2 is 2.03 bits per heavy atom. The zero-order valence-electron chi connectivity index (χ0n) is 16.3. The first-order valence-electron chi connectivity index (χ1n) is 9.52. The van der Waals surface area contributed by atoms with E-state index in [1.807, 2.05) is 32.0 Å². The van der Waals surface area contributed by atoms with Crippen LogP contribution in [0.15, 0.2) is 42.6 Å². The zero-order chi connectivity index (χ0) is 20.5. The number of hydrogen-bond donors (Lipinski definition) is 0. The lowest BCUT2D eigenvalue weighted by Crippen LogP contribution is -2.35. The Hall–Kier alpha value is -2.50. The summed E-state index contributed by atoms with van der Waals surface area (Å²) in [6, 6.07) is 11.3. The second kappa shape index (κ2) is 8.09. The summed E-state index contributed by atoms with van der Waals surface area (Å²) < 4.78 is 7.59. The first-order valence-corrected chi connectivity index (χ1v) is 10.3. The average Bonchev–Trinajstić information content (AvgIpc) is 3.11. The molecule has 2 heterocycles. The molecule has 7 heteroatoms. The Kier molecular flexibility index (Phi) is 5.52. The molecule has 1 aromatic heterocycles. The second-order valence-corrected chi connectivity index (χ2v) is 7.92. The van der Waals surface area contributed by atoms with Gasteiger partial charge < -0.3 is 9.64 Å². The van der Waals surface area contributed by atoms with E-state index in [2.05, 4.69) is 11.2 Å². The molecular formula is C22H21Cl2N3O2. The van der Waals surface area contributed by atoms with E-state index in [9.17, 15) is 4.79 Å². The van der Waals surface area contributed by atoms with Crippen LogP contribution < -0.4 is 9.64 Å². The third kappa shape index (κ3) is 3.85. The number of carbonyl (C=O) groups is 1. The molecule has 0 aliphatic carbocycles. The van der Waals surface area contributed by atoms with Gasteiger partial charge in [0.15, 0.2) is 0 Å².